The van der Waals surface area contributed by atoms with Crippen LogP contribution in [-0.2, 0) is 0 Å². The summed E-state index contributed by atoms with van der Waals surface area (Å²) in [6.45, 7) is 4.25. The van der Waals surface area contributed by atoms with Gasteiger partial charge in [0.25, 0.3) is 5.91 Å². The lowest BCUT2D eigenvalue weighted by Gasteiger charge is -2.22. The molecule has 1 saturated heterocycles. The third kappa shape index (κ3) is 4.18. The number of hydrogen-bond acceptors (Lipinski definition) is 2. The van der Waals surface area contributed by atoms with Crippen molar-refractivity contribution in [3.8, 4) is 0 Å². The lowest BCUT2D eigenvalue weighted by Crippen LogP contribution is -2.38. The van der Waals surface area contributed by atoms with Gasteiger partial charge in [0.05, 0.1) is 5.56 Å². The Hall–Kier alpha value is -1.13. The van der Waals surface area contributed by atoms with Crippen LogP contribution in [0.15, 0.2) is 18.2 Å². The second kappa shape index (κ2) is 7.46. The summed E-state index contributed by atoms with van der Waals surface area (Å²) >= 11 is 0. The first-order chi connectivity index (χ1) is 8.68. The molecule has 1 aliphatic heterocycles. The van der Waals surface area contributed by atoms with Gasteiger partial charge in [-0.15, -0.1) is 12.4 Å². The van der Waals surface area contributed by atoms with Gasteiger partial charge in [-0.25, -0.2) is 4.39 Å². The van der Waals surface area contributed by atoms with E-state index in [4.69, 9.17) is 0 Å². The molecule has 1 aromatic carbocycles. The molecule has 0 bridgehead atoms. The third-order valence-electron chi connectivity index (χ3n) is 3.39. The van der Waals surface area contributed by atoms with Crippen LogP contribution in [0.1, 0.15) is 28.8 Å². The Labute approximate surface area is 119 Å². The van der Waals surface area contributed by atoms with E-state index >= 15 is 0 Å². The lowest BCUT2D eigenvalue weighted by atomic mass is 9.99. The SMILES string of the molecule is Cc1cccc(C(=O)NCC2CCCNC2)c1F.Cl. The Balaban J connectivity index is 0.00000180. The molecule has 5 heteroatoms. The van der Waals surface area contributed by atoms with Crippen LogP contribution in [0.4, 0.5) is 4.39 Å². The fraction of sp³-hybridized carbons (Fsp3) is 0.500. The first kappa shape index (κ1) is 15.9. The Morgan fingerprint density at radius 2 is 2.32 bits per heavy atom. The second-order valence-corrected chi connectivity index (χ2v) is 4.86. The number of nitrogens with one attached hydrogen (secondary N) is 2. The Bertz CT molecular complexity index is 433. The number of amides is 1. The highest BCUT2D eigenvalue weighted by atomic mass is 35.5. The minimum atomic E-state index is -0.420. The van der Waals surface area contributed by atoms with Crippen molar-refractivity contribution in [3.05, 3.63) is 35.1 Å². The van der Waals surface area contributed by atoms with Crippen molar-refractivity contribution in [1.29, 1.82) is 0 Å². The predicted octanol–water partition coefficient (Wildman–Crippen LogP) is 2.29. The molecule has 0 aromatic heterocycles. The van der Waals surface area contributed by atoms with Gasteiger partial charge in [0, 0.05) is 6.54 Å². The minimum Gasteiger partial charge on any atom is -0.352 e. The summed E-state index contributed by atoms with van der Waals surface area (Å²) in [5, 5.41) is 6.11. The molecule has 0 aliphatic carbocycles. The quantitative estimate of drug-likeness (QED) is 0.895. The van der Waals surface area contributed by atoms with Gasteiger partial charge in [0.1, 0.15) is 5.82 Å². The molecule has 1 atom stereocenters. The summed E-state index contributed by atoms with van der Waals surface area (Å²) < 4.78 is 13.7. The fourth-order valence-electron chi connectivity index (χ4n) is 2.25. The average Bonchev–Trinajstić information content (AvgIpc) is 2.40. The lowest BCUT2D eigenvalue weighted by molar-refractivity contribution is 0.0940. The van der Waals surface area contributed by atoms with E-state index in [1.165, 1.54) is 6.07 Å². The van der Waals surface area contributed by atoms with E-state index < -0.39 is 5.82 Å². The number of carbonyl (C=O) groups excluding carboxylic acids is 1. The summed E-state index contributed by atoms with van der Waals surface area (Å²) in [4.78, 5) is 11.9. The van der Waals surface area contributed by atoms with Crippen molar-refractivity contribution in [2.24, 2.45) is 5.92 Å². The van der Waals surface area contributed by atoms with E-state index in [1.54, 1.807) is 19.1 Å². The molecule has 19 heavy (non-hydrogen) atoms. The third-order valence-corrected chi connectivity index (χ3v) is 3.39. The molecule has 2 N–H and O–H groups in total. The van der Waals surface area contributed by atoms with Gasteiger partial charge in [-0.1, -0.05) is 12.1 Å². The van der Waals surface area contributed by atoms with E-state index in [-0.39, 0.29) is 23.9 Å². The van der Waals surface area contributed by atoms with Crippen LogP contribution in [0.25, 0.3) is 0 Å². The minimum absolute atomic E-state index is 0. The smallest absolute Gasteiger partial charge is 0.254 e. The number of hydrogen-bond donors (Lipinski definition) is 2. The van der Waals surface area contributed by atoms with Gasteiger partial charge in [-0.3, -0.25) is 4.79 Å². The van der Waals surface area contributed by atoms with Crippen molar-refractivity contribution in [1.82, 2.24) is 10.6 Å². The average molecular weight is 287 g/mol. The van der Waals surface area contributed by atoms with Crippen molar-refractivity contribution >= 4 is 18.3 Å². The van der Waals surface area contributed by atoms with Gasteiger partial charge < -0.3 is 10.6 Å². The second-order valence-electron chi connectivity index (χ2n) is 4.86. The molecule has 1 fully saturated rings. The highest BCUT2D eigenvalue weighted by Crippen LogP contribution is 2.13. The Morgan fingerprint density at radius 1 is 1.53 bits per heavy atom. The monoisotopic (exact) mass is 286 g/mol. The maximum atomic E-state index is 13.7. The van der Waals surface area contributed by atoms with Crippen molar-refractivity contribution in [3.63, 3.8) is 0 Å². The van der Waals surface area contributed by atoms with E-state index in [0.29, 0.717) is 18.0 Å². The van der Waals surface area contributed by atoms with E-state index in [2.05, 4.69) is 10.6 Å². The van der Waals surface area contributed by atoms with Crippen LogP contribution in [-0.4, -0.2) is 25.5 Å². The summed E-state index contributed by atoms with van der Waals surface area (Å²) in [5.41, 5.74) is 0.640. The van der Waals surface area contributed by atoms with Gasteiger partial charge in [-0.05, 0) is 50.4 Å². The van der Waals surface area contributed by atoms with Crippen LogP contribution in [0.2, 0.25) is 0 Å². The number of aryl methyl sites for hydroxylation is 1. The first-order valence-electron chi connectivity index (χ1n) is 6.42. The fourth-order valence-corrected chi connectivity index (χ4v) is 2.25. The molecule has 1 aliphatic rings. The molecule has 1 heterocycles. The topological polar surface area (TPSA) is 41.1 Å². The standard InChI is InChI=1S/C14H19FN2O.ClH/c1-10-4-2-6-12(13(10)15)14(18)17-9-11-5-3-7-16-8-11;/h2,4,6,11,16H,3,5,7-9H2,1H3,(H,17,18);1H. The number of rotatable bonds is 3. The normalized spacial score (nSPS) is 18.5. The van der Waals surface area contributed by atoms with Gasteiger partial charge in [-0.2, -0.15) is 0 Å². The maximum Gasteiger partial charge on any atom is 0.254 e. The van der Waals surface area contributed by atoms with Crippen molar-refractivity contribution in [2.75, 3.05) is 19.6 Å². The molecule has 3 nitrogen and oxygen atoms in total. The molecule has 2 rings (SSSR count). The molecule has 0 radical (unpaired) electrons. The molecule has 106 valence electrons. The summed E-state index contributed by atoms with van der Waals surface area (Å²) in [6, 6.07) is 4.89. The largest absolute Gasteiger partial charge is 0.352 e. The first-order valence-corrected chi connectivity index (χ1v) is 6.42. The summed E-state index contributed by atoms with van der Waals surface area (Å²) in [5.74, 6) is -0.283. The molecule has 0 spiro atoms. The van der Waals surface area contributed by atoms with Crippen molar-refractivity contribution in [2.45, 2.75) is 19.8 Å². The number of carbonyl (C=O) groups is 1. The van der Waals surface area contributed by atoms with Crippen LogP contribution in [0.3, 0.4) is 0 Å². The van der Waals surface area contributed by atoms with Gasteiger partial charge >= 0.3 is 0 Å². The van der Waals surface area contributed by atoms with Gasteiger partial charge in [0.15, 0.2) is 0 Å². The highest BCUT2D eigenvalue weighted by Gasteiger charge is 2.16. The maximum absolute atomic E-state index is 13.7. The Kier molecular flexibility index (Phi) is 6.25. The van der Waals surface area contributed by atoms with E-state index in [0.717, 1.165) is 25.9 Å². The van der Waals surface area contributed by atoms with Crippen LogP contribution < -0.4 is 10.6 Å². The van der Waals surface area contributed by atoms with E-state index in [1.807, 2.05) is 0 Å². The van der Waals surface area contributed by atoms with Crippen LogP contribution >= 0.6 is 12.4 Å². The molecule has 1 aromatic rings. The Morgan fingerprint density at radius 3 is 3.00 bits per heavy atom. The van der Waals surface area contributed by atoms with Crippen LogP contribution in [0.5, 0.6) is 0 Å². The molecule has 0 saturated carbocycles. The zero-order chi connectivity index (χ0) is 13.0. The van der Waals surface area contributed by atoms with Gasteiger partial charge in [0.2, 0.25) is 0 Å². The summed E-state index contributed by atoms with van der Waals surface area (Å²) in [6.07, 6.45) is 2.25. The predicted molar refractivity (Wildman–Crippen MR) is 76.3 cm³/mol. The molecular weight excluding hydrogens is 267 g/mol. The highest BCUT2D eigenvalue weighted by molar-refractivity contribution is 5.94. The molecular formula is C14H20ClFN2O. The zero-order valence-electron chi connectivity index (χ0n) is 11.0. The summed E-state index contributed by atoms with van der Waals surface area (Å²) in [7, 11) is 0. The molecule has 1 unspecified atom stereocenters. The van der Waals surface area contributed by atoms with Crippen LogP contribution in [0, 0.1) is 18.7 Å². The number of piperidine rings is 1. The zero-order valence-corrected chi connectivity index (χ0v) is 11.9. The number of benzene rings is 1. The van der Waals surface area contributed by atoms with Crippen molar-refractivity contribution < 1.29 is 9.18 Å². The number of halogens is 2. The molecule has 1 amide bonds. The van der Waals surface area contributed by atoms with E-state index in [9.17, 15) is 9.18 Å².